The van der Waals surface area contributed by atoms with Crippen molar-refractivity contribution in [2.75, 3.05) is 11.5 Å². The molecule has 0 radical (unpaired) electrons. The number of thioether (sulfide) groups is 1. The minimum absolute atomic E-state index is 0.105. The highest BCUT2D eigenvalue weighted by atomic mass is 32.2. The third-order valence-electron chi connectivity index (χ3n) is 2.75. The Labute approximate surface area is 99.2 Å². The Balaban J connectivity index is 1.87. The summed E-state index contributed by atoms with van der Waals surface area (Å²) >= 11 is 1.83. The summed E-state index contributed by atoms with van der Waals surface area (Å²) in [5.41, 5.74) is 0.765. The summed E-state index contributed by atoms with van der Waals surface area (Å²) in [7, 11) is 0. The van der Waals surface area contributed by atoms with E-state index in [9.17, 15) is 9.90 Å². The number of amides is 1. The zero-order chi connectivity index (χ0) is 11.4. The molecular weight excluding hydrogens is 222 g/mol. The van der Waals surface area contributed by atoms with Crippen LogP contribution in [0.1, 0.15) is 12.0 Å². The zero-order valence-corrected chi connectivity index (χ0v) is 9.80. The van der Waals surface area contributed by atoms with Crippen LogP contribution < -0.4 is 5.32 Å². The van der Waals surface area contributed by atoms with Gasteiger partial charge in [-0.2, -0.15) is 11.8 Å². The maximum absolute atomic E-state index is 11.7. The normalized spacial score (nSPS) is 19.6. The van der Waals surface area contributed by atoms with Crippen molar-refractivity contribution in [3.05, 3.63) is 29.8 Å². The van der Waals surface area contributed by atoms with Crippen LogP contribution in [0.2, 0.25) is 0 Å². The first-order valence-electron chi connectivity index (χ1n) is 5.39. The quantitative estimate of drug-likeness (QED) is 0.842. The molecule has 1 unspecified atom stereocenters. The van der Waals surface area contributed by atoms with Gasteiger partial charge in [0.25, 0.3) is 0 Å². The zero-order valence-electron chi connectivity index (χ0n) is 8.98. The van der Waals surface area contributed by atoms with Gasteiger partial charge in [-0.3, -0.25) is 4.79 Å². The fraction of sp³-hybridized carbons (Fsp3) is 0.417. The third kappa shape index (κ3) is 2.70. The second-order valence-electron chi connectivity index (χ2n) is 3.91. The van der Waals surface area contributed by atoms with Gasteiger partial charge in [-0.1, -0.05) is 18.2 Å². The highest BCUT2D eigenvalue weighted by Gasteiger charge is 2.22. The van der Waals surface area contributed by atoms with Crippen molar-refractivity contribution in [3.63, 3.8) is 0 Å². The fourth-order valence-corrected chi connectivity index (χ4v) is 2.95. The molecule has 2 rings (SSSR count). The number of hydrogen-bond donors (Lipinski definition) is 2. The van der Waals surface area contributed by atoms with E-state index < -0.39 is 0 Å². The summed E-state index contributed by atoms with van der Waals surface area (Å²) < 4.78 is 0. The monoisotopic (exact) mass is 237 g/mol. The highest BCUT2D eigenvalue weighted by Crippen LogP contribution is 2.23. The first-order chi connectivity index (χ1) is 7.77. The number of carbonyl (C=O) groups is 1. The van der Waals surface area contributed by atoms with E-state index in [1.54, 1.807) is 12.1 Å². The highest BCUT2D eigenvalue weighted by molar-refractivity contribution is 7.99. The van der Waals surface area contributed by atoms with Crippen LogP contribution >= 0.6 is 11.8 Å². The molecule has 2 N–H and O–H groups in total. The molecule has 1 aliphatic heterocycles. The molecule has 1 heterocycles. The molecule has 1 aromatic rings. The molecule has 1 atom stereocenters. The summed E-state index contributed by atoms with van der Waals surface area (Å²) in [4.78, 5) is 11.7. The van der Waals surface area contributed by atoms with E-state index >= 15 is 0 Å². The molecule has 1 aliphatic rings. The molecule has 4 heteroatoms. The van der Waals surface area contributed by atoms with E-state index in [4.69, 9.17) is 0 Å². The number of rotatable bonds is 3. The maximum atomic E-state index is 11.7. The molecule has 1 saturated heterocycles. The molecule has 1 fully saturated rings. The van der Waals surface area contributed by atoms with E-state index in [2.05, 4.69) is 5.32 Å². The lowest BCUT2D eigenvalue weighted by atomic mass is 10.1. The Kier molecular flexibility index (Phi) is 3.72. The Hall–Kier alpha value is -1.16. The standard InChI is InChI=1S/C12H15NO2S/c14-11-4-2-1-3-9(11)7-13-12(15)10-5-6-16-8-10/h1-4,10,14H,5-8H2,(H,13,15). The number of carbonyl (C=O) groups excluding carboxylic acids is 1. The van der Waals surface area contributed by atoms with E-state index in [1.165, 1.54) is 0 Å². The Morgan fingerprint density at radius 2 is 2.31 bits per heavy atom. The van der Waals surface area contributed by atoms with E-state index in [0.717, 1.165) is 23.5 Å². The summed E-state index contributed by atoms with van der Waals surface area (Å²) in [6.45, 7) is 0.409. The van der Waals surface area contributed by atoms with Crippen molar-refractivity contribution in [1.29, 1.82) is 0 Å². The smallest absolute Gasteiger partial charge is 0.224 e. The number of nitrogens with one attached hydrogen (secondary N) is 1. The minimum Gasteiger partial charge on any atom is -0.508 e. The van der Waals surface area contributed by atoms with Crippen LogP contribution in [-0.2, 0) is 11.3 Å². The molecular formula is C12H15NO2S. The van der Waals surface area contributed by atoms with Gasteiger partial charge in [0.15, 0.2) is 0 Å². The van der Waals surface area contributed by atoms with Gasteiger partial charge >= 0.3 is 0 Å². The van der Waals surface area contributed by atoms with E-state index in [0.29, 0.717) is 6.54 Å². The van der Waals surface area contributed by atoms with Gasteiger partial charge in [-0.25, -0.2) is 0 Å². The van der Waals surface area contributed by atoms with Crippen LogP contribution in [0.5, 0.6) is 5.75 Å². The first kappa shape index (κ1) is 11.3. The van der Waals surface area contributed by atoms with Crippen LogP contribution in [0, 0.1) is 5.92 Å². The van der Waals surface area contributed by atoms with Gasteiger partial charge < -0.3 is 10.4 Å². The molecule has 1 aromatic carbocycles. The summed E-state index contributed by atoms with van der Waals surface area (Å²) in [6.07, 6.45) is 0.970. The Bertz CT molecular complexity index is 375. The van der Waals surface area contributed by atoms with Gasteiger partial charge in [-0.15, -0.1) is 0 Å². The van der Waals surface area contributed by atoms with Gasteiger partial charge in [-0.05, 0) is 18.2 Å². The lowest BCUT2D eigenvalue weighted by molar-refractivity contribution is -0.124. The predicted octanol–water partition coefficient (Wildman–Crippen LogP) is 1.76. The van der Waals surface area contributed by atoms with Gasteiger partial charge in [0.1, 0.15) is 5.75 Å². The largest absolute Gasteiger partial charge is 0.508 e. The average Bonchev–Trinajstić information content (AvgIpc) is 2.81. The number of aromatic hydroxyl groups is 1. The molecule has 0 spiro atoms. The van der Waals surface area contributed by atoms with Crippen molar-refractivity contribution in [2.24, 2.45) is 5.92 Å². The minimum atomic E-state index is 0.105. The summed E-state index contributed by atoms with van der Waals surface area (Å²) in [5, 5.41) is 12.4. The first-order valence-corrected chi connectivity index (χ1v) is 6.55. The molecule has 1 amide bonds. The molecule has 16 heavy (non-hydrogen) atoms. The fourth-order valence-electron chi connectivity index (χ4n) is 1.73. The lowest BCUT2D eigenvalue weighted by Gasteiger charge is -2.10. The second kappa shape index (κ2) is 5.25. The van der Waals surface area contributed by atoms with Crippen molar-refractivity contribution >= 4 is 17.7 Å². The van der Waals surface area contributed by atoms with Crippen molar-refractivity contribution in [1.82, 2.24) is 5.32 Å². The van der Waals surface area contributed by atoms with Crippen LogP contribution in [0.25, 0.3) is 0 Å². The van der Waals surface area contributed by atoms with Crippen LogP contribution in [0.15, 0.2) is 24.3 Å². The van der Waals surface area contributed by atoms with E-state index in [-0.39, 0.29) is 17.6 Å². The number of phenols is 1. The maximum Gasteiger partial charge on any atom is 0.224 e. The van der Waals surface area contributed by atoms with Crippen LogP contribution in [0.4, 0.5) is 0 Å². The number of phenolic OH excluding ortho intramolecular Hbond substituents is 1. The van der Waals surface area contributed by atoms with Crippen LogP contribution in [-0.4, -0.2) is 22.5 Å². The second-order valence-corrected chi connectivity index (χ2v) is 5.06. The van der Waals surface area contributed by atoms with Crippen molar-refractivity contribution in [2.45, 2.75) is 13.0 Å². The van der Waals surface area contributed by atoms with Gasteiger partial charge in [0, 0.05) is 23.8 Å². The van der Waals surface area contributed by atoms with Crippen LogP contribution in [0.3, 0.4) is 0 Å². The summed E-state index contributed by atoms with van der Waals surface area (Å²) in [5.74, 6) is 2.49. The Morgan fingerprint density at radius 1 is 1.50 bits per heavy atom. The van der Waals surface area contributed by atoms with Crippen molar-refractivity contribution in [3.8, 4) is 5.75 Å². The molecule has 0 aliphatic carbocycles. The third-order valence-corrected chi connectivity index (χ3v) is 3.91. The van der Waals surface area contributed by atoms with Gasteiger partial charge in [0.05, 0.1) is 0 Å². The number of benzene rings is 1. The predicted molar refractivity (Wildman–Crippen MR) is 65.4 cm³/mol. The van der Waals surface area contributed by atoms with Gasteiger partial charge in [0.2, 0.25) is 5.91 Å². The Morgan fingerprint density at radius 3 is 3.00 bits per heavy atom. The van der Waals surface area contributed by atoms with E-state index in [1.807, 2.05) is 23.9 Å². The number of para-hydroxylation sites is 1. The summed E-state index contributed by atoms with van der Waals surface area (Å²) in [6, 6.07) is 7.08. The molecule has 3 nitrogen and oxygen atoms in total. The molecule has 86 valence electrons. The SMILES string of the molecule is O=C(NCc1ccccc1O)C1CCSC1. The average molecular weight is 237 g/mol. The van der Waals surface area contributed by atoms with Crippen molar-refractivity contribution < 1.29 is 9.90 Å². The molecule has 0 saturated carbocycles. The lowest BCUT2D eigenvalue weighted by Crippen LogP contribution is -2.30. The number of hydrogen-bond acceptors (Lipinski definition) is 3. The molecule has 0 aromatic heterocycles. The molecule has 0 bridgehead atoms. The topological polar surface area (TPSA) is 49.3 Å².